The minimum Gasteiger partial charge on any atom is -0.454 e. The molecule has 5 rings (SSSR count). The number of aromatic nitrogens is 2. The van der Waals surface area contributed by atoms with Crippen LogP contribution in [0.25, 0.3) is 11.1 Å². The largest absolute Gasteiger partial charge is 0.454 e. The molecule has 4 aromatic rings. The van der Waals surface area contributed by atoms with E-state index in [9.17, 15) is 0 Å². The summed E-state index contributed by atoms with van der Waals surface area (Å²) >= 11 is 0. The van der Waals surface area contributed by atoms with Gasteiger partial charge in [-0.05, 0) is 60.0 Å². The molecule has 0 N–H and O–H groups in total. The van der Waals surface area contributed by atoms with Crippen molar-refractivity contribution in [2.75, 3.05) is 11.7 Å². The zero-order chi connectivity index (χ0) is 20.3. The summed E-state index contributed by atoms with van der Waals surface area (Å²) in [5.74, 6) is 1.57. The number of benzene rings is 2. The highest BCUT2D eigenvalue weighted by atomic mass is 16.7. The van der Waals surface area contributed by atoms with Crippen LogP contribution in [0, 0.1) is 0 Å². The Balaban J connectivity index is 1.61. The lowest BCUT2D eigenvalue weighted by Crippen LogP contribution is -2.22. The third-order valence-corrected chi connectivity index (χ3v) is 5.33. The number of pyridine rings is 2. The van der Waals surface area contributed by atoms with E-state index in [1.165, 1.54) is 5.56 Å². The Hall–Kier alpha value is -3.86. The summed E-state index contributed by atoms with van der Waals surface area (Å²) in [4.78, 5) is 10.9. The first kappa shape index (κ1) is 18.2. The van der Waals surface area contributed by atoms with Crippen molar-refractivity contribution in [3.63, 3.8) is 0 Å². The van der Waals surface area contributed by atoms with Crippen molar-refractivity contribution >= 4 is 11.4 Å². The van der Waals surface area contributed by atoms with E-state index < -0.39 is 0 Å². The van der Waals surface area contributed by atoms with Crippen molar-refractivity contribution in [1.82, 2.24) is 9.97 Å². The van der Waals surface area contributed by atoms with E-state index in [2.05, 4.69) is 64.3 Å². The lowest BCUT2D eigenvalue weighted by Gasteiger charge is -2.32. The Labute approximate surface area is 175 Å². The van der Waals surface area contributed by atoms with Gasteiger partial charge in [0.1, 0.15) is 0 Å². The number of anilines is 2. The van der Waals surface area contributed by atoms with E-state index in [1.54, 1.807) is 12.4 Å². The van der Waals surface area contributed by atoms with Crippen LogP contribution in [-0.2, 0) is 0 Å². The summed E-state index contributed by atoms with van der Waals surface area (Å²) in [6.45, 7) is 2.47. The maximum Gasteiger partial charge on any atom is 0.231 e. The molecule has 0 fully saturated rings. The third-order valence-electron chi connectivity index (χ3n) is 5.33. The van der Waals surface area contributed by atoms with Gasteiger partial charge in [-0.3, -0.25) is 9.97 Å². The van der Waals surface area contributed by atoms with E-state index in [0.29, 0.717) is 0 Å². The molecule has 1 atom stereocenters. The van der Waals surface area contributed by atoms with Crippen LogP contribution in [-0.4, -0.2) is 16.8 Å². The smallest absolute Gasteiger partial charge is 0.231 e. The highest BCUT2D eigenvalue weighted by Crippen LogP contribution is 2.41. The van der Waals surface area contributed by atoms with Crippen molar-refractivity contribution in [2.45, 2.75) is 13.0 Å². The van der Waals surface area contributed by atoms with Crippen molar-refractivity contribution in [3.8, 4) is 22.6 Å². The number of rotatable bonds is 5. The molecular formula is C25H21N3O2. The number of fused-ring (bicyclic) bond motifs is 1. The Morgan fingerprint density at radius 3 is 2.20 bits per heavy atom. The lowest BCUT2D eigenvalue weighted by molar-refractivity contribution is 0.174. The Morgan fingerprint density at radius 2 is 1.50 bits per heavy atom. The number of hydrogen-bond acceptors (Lipinski definition) is 5. The molecule has 2 aromatic heterocycles. The molecule has 30 heavy (non-hydrogen) atoms. The topological polar surface area (TPSA) is 47.5 Å². The van der Waals surface area contributed by atoms with Crippen LogP contribution in [0.4, 0.5) is 11.4 Å². The Morgan fingerprint density at radius 1 is 0.800 bits per heavy atom. The second kappa shape index (κ2) is 7.87. The average Bonchev–Trinajstić information content (AvgIpc) is 3.29. The van der Waals surface area contributed by atoms with Crippen LogP contribution >= 0.6 is 0 Å². The van der Waals surface area contributed by atoms with E-state index >= 15 is 0 Å². The molecular weight excluding hydrogens is 374 g/mol. The van der Waals surface area contributed by atoms with Crippen molar-refractivity contribution < 1.29 is 9.47 Å². The van der Waals surface area contributed by atoms with Gasteiger partial charge in [0.25, 0.3) is 0 Å². The highest BCUT2D eigenvalue weighted by molar-refractivity contribution is 5.73. The maximum atomic E-state index is 5.60. The minimum absolute atomic E-state index is 0.0417. The predicted octanol–water partition coefficient (Wildman–Crippen LogP) is 5.77. The van der Waals surface area contributed by atoms with Gasteiger partial charge in [0.15, 0.2) is 11.5 Å². The first-order chi connectivity index (χ1) is 14.8. The van der Waals surface area contributed by atoms with Crippen LogP contribution in [0.1, 0.15) is 18.5 Å². The van der Waals surface area contributed by atoms with Crippen LogP contribution in [0.15, 0.2) is 91.5 Å². The molecule has 0 saturated heterocycles. The van der Waals surface area contributed by atoms with Gasteiger partial charge < -0.3 is 14.4 Å². The number of ether oxygens (including phenoxy) is 2. The molecule has 3 heterocycles. The van der Waals surface area contributed by atoms with Crippen molar-refractivity contribution in [2.24, 2.45) is 0 Å². The lowest BCUT2D eigenvalue weighted by atomic mass is 9.94. The van der Waals surface area contributed by atoms with Gasteiger partial charge in [0.05, 0.1) is 29.8 Å². The quantitative estimate of drug-likeness (QED) is 0.429. The molecule has 0 amide bonds. The van der Waals surface area contributed by atoms with Crippen LogP contribution in [0.3, 0.4) is 0 Å². The molecule has 2 aromatic carbocycles. The monoisotopic (exact) mass is 395 g/mol. The fourth-order valence-corrected chi connectivity index (χ4v) is 3.92. The average molecular weight is 395 g/mol. The van der Waals surface area contributed by atoms with Gasteiger partial charge in [0, 0.05) is 12.4 Å². The Bertz CT molecular complexity index is 1110. The fourth-order valence-electron chi connectivity index (χ4n) is 3.92. The Kier molecular flexibility index (Phi) is 4.77. The minimum atomic E-state index is 0.0417. The standard InChI is InChI=1S/C25H21N3O2/c1-18(28(20-6-4-12-26-15-20)21-7-5-13-27-16-21)22-8-2-3-9-23(22)19-10-11-24-25(14-19)30-17-29-24/h2-16,18H,17H2,1H3. The molecule has 0 spiro atoms. The molecule has 0 radical (unpaired) electrons. The number of hydrogen-bond donors (Lipinski definition) is 0. The van der Waals surface area contributed by atoms with E-state index in [-0.39, 0.29) is 12.8 Å². The summed E-state index contributed by atoms with van der Waals surface area (Å²) in [6, 6.07) is 22.6. The normalized spacial score (nSPS) is 13.1. The molecule has 0 aliphatic carbocycles. The summed E-state index contributed by atoms with van der Waals surface area (Å²) in [6.07, 6.45) is 7.34. The third kappa shape index (κ3) is 3.35. The van der Waals surface area contributed by atoms with Gasteiger partial charge in [-0.1, -0.05) is 30.3 Å². The molecule has 5 nitrogen and oxygen atoms in total. The summed E-state index contributed by atoms with van der Waals surface area (Å²) in [7, 11) is 0. The molecule has 1 unspecified atom stereocenters. The van der Waals surface area contributed by atoms with E-state index in [1.807, 2.05) is 36.7 Å². The SMILES string of the molecule is CC(c1ccccc1-c1ccc2c(c1)OCO2)N(c1cccnc1)c1cccnc1. The van der Waals surface area contributed by atoms with Crippen LogP contribution < -0.4 is 14.4 Å². The second-order valence-electron chi connectivity index (χ2n) is 7.12. The van der Waals surface area contributed by atoms with Gasteiger partial charge >= 0.3 is 0 Å². The van der Waals surface area contributed by atoms with Gasteiger partial charge in [-0.2, -0.15) is 0 Å². The van der Waals surface area contributed by atoms with E-state index in [0.717, 1.165) is 34.0 Å². The first-order valence-electron chi connectivity index (χ1n) is 9.89. The molecule has 1 aliphatic rings. The zero-order valence-electron chi connectivity index (χ0n) is 16.6. The maximum absolute atomic E-state index is 5.60. The summed E-state index contributed by atoms with van der Waals surface area (Å²) < 4.78 is 11.1. The number of nitrogens with zero attached hydrogens (tertiary/aromatic N) is 3. The van der Waals surface area contributed by atoms with E-state index in [4.69, 9.17) is 9.47 Å². The van der Waals surface area contributed by atoms with Crippen LogP contribution in [0.2, 0.25) is 0 Å². The van der Waals surface area contributed by atoms with Gasteiger partial charge in [0.2, 0.25) is 6.79 Å². The second-order valence-corrected chi connectivity index (χ2v) is 7.12. The molecule has 1 aliphatic heterocycles. The van der Waals surface area contributed by atoms with Gasteiger partial charge in [-0.25, -0.2) is 0 Å². The molecule has 148 valence electrons. The summed E-state index contributed by atoms with van der Waals surface area (Å²) in [5.41, 5.74) is 5.47. The molecule has 5 heteroatoms. The molecule has 0 saturated carbocycles. The van der Waals surface area contributed by atoms with Gasteiger partial charge in [-0.15, -0.1) is 0 Å². The highest BCUT2D eigenvalue weighted by Gasteiger charge is 2.22. The first-order valence-corrected chi connectivity index (χ1v) is 9.89. The molecule has 0 bridgehead atoms. The fraction of sp³-hybridized carbons (Fsp3) is 0.120. The van der Waals surface area contributed by atoms with Crippen molar-refractivity contribution in [1.29, 1.82) is 0 Å². The van der Waals surface area contributed by atoms with Crippen molar-refractivity contribution in [3.05, 3.63) is 97.1 Å². The predicted molar refractivity (Wildman–Crippen MR) is 117 cm³/mol. The summed E-state index contributed by atoms with van der Waals surface area (Å²) in [5, 5.41) is 0. The zero-order valence-corrected chi connectivity index (χ0v) is 16.6. The van der Waals surface area contributed by atoms with Crippen LogP contribution in [0.5, 0.6) is 11.5 Å².